The summed E-state index contributed by atoms with van der Waals surface area (Å²) in [5.74, 6) is 1.06. The van der Waals surface area contributed by atoms with Crippen LogP contribution in [0.5, 0.6) is 0 Å². The normalized spacial score (nSPS) is 10.5. The zero-order valence-electron chi connectivity index (χ0n) is 8.88. The lowest BCUT2D eigenvalue weighted by molar-refractivity contribution is 0.188. The summed E-state index contributed by atoms with van der Waals surface area (Å²) in [6.07, 6.45) is 1.83. The quantitative estimate of drug-likeness (QED) is 0.536. The van der Waals surface area contributed by atoms with Crippen LogP contribution in [0.15, 0.2) is 23.1 Å². The van der Waals surface area contributed by atoms with Crippen molar-refractivity contribution < 1.29 is 5.11 Å². The number of thioether (sulfide) groups is 1. The third-order valence-corrected chi connectivity index (χ3v) is 3.62. The Kier molecular flexibility index (Phi) is 5.05. The maximum absolute atomic E-state index is 10.3. The highest BCUT2D eigenvalue weighted by Gasteiger charge is 2.01. The zero-order valence-corrected chi connectivity index (χ0v) is 9.69. The lowest BCUT2D eigenvalue weighted by Gasteiger charge is -2.08. The van der Waals surface area contributed by atoms with Crippen LogP contribution in [0.2, 0.25) is 0 Å². The molecule has 0 atom stereocenters. The standard InChI is InChI=1S/C12H17OS/c1-10-6-5-7-11(2)12(10)14-9-4-3-8-13/h5-7H,3-4,8-9H2,1-2H3. The molecule has 0 aromatic heterocycles. The molecule has 1 aromatic rings. The Bertz CT molecular complexity index is 263. The molecular weight excluding hydrogens is 192 g/mol. The second-order valence-corrected chi connectivity index (χ2v) is 4.59. The van der Waals surface area contributed by atoms with Gasteiger partial charge in [0, 0.05) is 4.90 Å². The lowest BCUT2D eigenvalue weighted by Crippen LogP contribution is -1.88. The van der Waals surface area contributed by atoms with Crippen molar-refractivity contribution in [2.75, 3.05) is 12.4 Å². The van der Waals surface area contributed by atoms with Crippen LogP contribution in [0.25, 0.3) is 0 Å². The summed E-state index contributed by atoms with van der Waals surface area (Å²) in [6, 6.07) is 6.37. The Morgan fingerprint density at radius 1 is 1.14 bits per heavy atom. The molecule has 1 nitrogen and oxygen atoms in total. The molecule has 0 unspecified atom stereocenters. The number of benzene rings is 1. The molecule has 0 fully saturated rings. The summed E-state index contributed by atoms with van der Waals surface area (Å²) < 4.78 is 0. The maximum atomic E-state index is 10.3. The van der Waals surface area contributed by atoms with Crippen LogP contribution >= 0.6 is 11.8 Å². The molecule has 0 aliphatic heterocycles. The van der Waals surface area contributed by atoms with E-state index >= 15 is 0 Å². The van der Waals surface area contributed by atoms with Crippen LogP contribution in [-0.4, -0.2) is 12.4 Å². The number of unbranched alkanes of at least 4 members (excludes halogenated alkanes) is 1. The summed E-state index contributed by atoms with van der Waals surface area (Å²) in [5.41, 5.74) is 2.69. The van der Waals surface area contributed by atoms with Crippen molar-refractivity contribution in [1.29, 1.82) is 0 Å². The minimum atomic E-state index is 0.0628. The van der Waals surface area contributed by atoms with Gasteiger partial charge >= 0.3 is 0 Å². The first-order chi connectivity index (χ1) is 6.75. The molecule has 0 saturated heterocycles. The lowest BCUT2D eigenvalue weighted by atomic mass is 10.2. The van der Waals surface area contributed by atoms with Gasteiger partial charge in [-0.3, -0.25) is 0 Å². The molecule has 0 spiro atoms. The van der Waals surface area contributed by atoms with Gasteiger partial charge in [-0.05, 0) is 43.6 Å². The van der Waals surface area contributed by atoms with Gasteiger partial charge in [0.05, 0.1) is 6.61 Å². The SMILES string of the molecule is Cc1cccc(C)c1SCCCC[O]. The smallest absolute Gasteiger partial charge is 0.0822 e. The van der Waals surface area contributed by atoms with E-state index in [0.29, 0.717) is 0 Å². The summed E-state index contributed by atoms with van der Waals surface area (Å²) in [5, 5.41) is 10.3. The monoisotopic (exact) mass is 209 g/mol. The van der Waals surface area contributed by atoms with E-state index in [1.807, 2.05) is 11.8 Å². The van der Waals surface area contributed by atoms with Crippen LogP contribution in [0.3, 0.4) is 0 Å². The fraction of sp³-hybridized carbons (Fsp3) is 0.500. The Balaban J connectivity index is 2.49. The van der Waals surface area contributed by atoms with Gasteiger partial charge in [-0.25, -0.2) is 5.11 Å². The van der Waals surface area contributed by atoms with Crippen LogP contribution in [0.1, 0.15) is 24.0 Å². The van der Waals surface area contributed by atoms with Crippen molar-refractivity contribution in [3.05, 3.63) is 29.3 Å². The van der Waals surface area contributed by atoms with Crippen molar-refractivity contribution in [1.82, 2.24) is 0 Å². The van der Waals surface area contributed by atoms with E-state index in [9.17, 15) is 5.11 Å². The Hall–Kier alpha value is -0.470. The molecule has 0 saturated carbocycles. The van der Waals surface area contributed by atoms with Crippen molar-refractivity contribution in [2.45, 2.75) is 31.6 Å². The minimum Gasteiger partial charge on any atom is -0.237 e. The predicted octanol–water partition coefficient (Wildman–Crippen LogP) is 3.61. The van der Waals surface area contributed by atoms with E-state index in [4.69, 9.17) is 0 Å². The van der Waals surface area contributed by atoms with Gasteiger partial charge < -0.3 is 0 Å². The van der Waals surface area contributed by atoms with Crippen LogP contribution in [0.4, 0.5) is 0 Å². The summed E-state index contributed by atoms with van der Waals surface area (Å²) in [6.45, 7) is 4.35. The number of hydrogen-bond acceptors (Lipinski definition) is 1. The largest absolute Gasteiger partial charge is 0.237 e. The van der Waals surface area contributed by atoms with Gasteiger partial charge in [0.15, 0.2) is 0 Å². The summed E-state index contributed by atoms with van der Waals surface area (Å²) >= 11 is 1.87. The van der Waals surface area contributed by atoms with Gasteiger partial charge in [0.1, 0.15) is 0 Å². The highest BCUT2D eigenvalue weighted by atomic mass is 32.2. The number of rotatable bonds is 5. The first-order valence-corrected chi connectivity index (χ1v) is 6.01. The fourth-order valence-corrected chi connectivity index (χ4v) is 2.55. The molecule has 0 aliphatic rings. The third-order valence-electron chi connectivity index (χ3n) is 2.19. The number of aryl methyl sites for hydroxylation is 2. The van der Waals surface area contributed by atoms with E-state index in [1.165, 1.54) is 16.0 Å². The highest BCUT2D eigenvalue weighted by Crippen LogP contribution is 2.26. The Labute approximate surface area is 90.5 Å². The van der Waals surface area contributed by atoms with Crippen molar-refractivity contribution in [2.24, 2.45) is 0 Å². The minimum absolute atomic E-state index is 0.0628. The average molecular weight is 209 g/mol. The Morgan fingerprint density at radius 2 is 1.79 bits per heavy atom. The van der Waals surface area contributed by atoms with Crippen LogP contribution in [0, 0.1) is 13.8 Å². The van der Waals surface area contributed by atoms with E-state index in [0.717, 1.165) is 18.6 Å². The summed E-state index contributed by atoms with van der Waals surface area (Å²) in [7, 11) is 0. The number of hydrogen-bond donors (Lipinski definition) is 0. The zero-order chi connectivity index (χ0) is 10.4. The van der Waals surface area contributed by atoms with Crippen molar-refractivity contribution >= 4 is 11.8 Å². The molecular formula is C12H17OS. The molecule has 1 rings (SSSR count). The summed E-state index contributed by atoms with van der Waals surface area (Å²) in [4.78, 5) is 1.39. The van der Waals surface area contributed by atoms with Crippen LogP contribution < -0.4 is 0 Å². The maximum Gasteiger partial charge on any atom is 0.0822 e. The van der Waals surface area contributed by atoms with Gasteiger partial charge in [-0.2, -0.15) is 0 Å². The van der Waals surface area contributed by atoms with E-state index < -0.39 is 0 Å². The molecule has 77 valence electrons. The highest BCUT2D eigenvalue weighted by molar-refractivity contribution is 7.99. The van der Waals surface area contributed by atoms with E-state index in [1.54, 1.807) is 0 Å². The van der Waals surface area contributed by atoms with Gasteiger partial charge in [-0.1, -0.05) is 18.2 Å². The molecule has 0 heterocycles. The third kappa shape index (κ3) is 3.35. The second-order valence-electron chi connectivity index (χ2n) is 3.48. The van der Waals surface area contributed by atoms with Crippen molar-refractivity contribution in [3.63, 3.8) is 0 Å². The first-order valence-electron chi connectivity index (χ1n) is 5.03. The van der Waals surface area contributed by atoms with Gasteiger partial charge in [0.25, 0.3) is 0 Å². The molecule has 0 amide bonds. The molecule has 1 radical (unpaired) electrons. The molecule has 0 N–H and O–H groups in total. The second kappa shape index (κ2) is 6.10. The van der Waals surface area contributed by atoms with Crippen molar-refractivity contribution in [3.8, 4) is 0 Å². The first kappa shape index (κ1) is 11.6. The average Bonchev–Trinajstić information content (AvgIpc) is 2.16. The van der Waals surface area contributed by atoms with E-state index in [2.05, 4.69) is 32.0 Å². The molecule has 0 bridgehead atoms. The van der Waals surface area contributed by atoms with Gasteiger partial charge in [0.2, 0.25) is 0 Å². The topological polar surface area (TPSA) is 19.9 Å². The predicted molar refractivity (Wildman–Crippen MR) is 61.4 cm³/mol. The molecule has 1 aromatic carbocycles. The molecule has 14 heavy (non-hydrogen) atoms. The fourth-order valence-electron chi connectivity index (χ4n) is 1.41. The van der Waals surface area contributed by atoms with E-state index in [-0.39, 0.29) is 6.61 Å². The molecule has 0 aliphatic carbocycles. The van der Waals surface area contributed by atoms with Gasteiger partial charge in [-0.15, -0.1) is 11.8 Å². The Morgan fingerprint density at radius 3 is 2.36 bits per heavy atom. The molecule has 2 heteroatoms. The van der Waals surface area contributed by atoms with Crippen LogP contribution in [-0.2, 0) is 5.11 Å².